The maximum absolute atomic E-state index is 9.19. The molecule has 2 aromatic rings. The molecule has 0 amide bonds. The minimum atomic E-state index is 0.279. The van der Waals surface area contributed by atoms with Crippen molar-refractivity contribution in [2.24, 2.45) is 0 Å². The lowest BCUT2D eigenvalue weighted by Gasteiger charge is -1.99. The summed E-state index contributed by atoms with van der Waals surface area (Å²) in [6, 6.07) is 7.00. The molecular weight excluding hydrogens is 150 g/mol. The van der Waals surface area contributed by atoms with Crippen molar-refractivity contribution < 1.29 is 5.11 Å². The first-order chi connectivity index (χ1) is 5.77. The van der Waals surface area contributed by atoms with Crippen molar-refractivity contribution in [3.8, 4) is 5.75 Å². The summed E-state index contributed by atoms with van der Waals surface area (Å²) in [7, 11) is 0. The second kappa shape index (κ2) is 2.48. The summed E-state index contributed by atoms with van der Waals surface area (Å²) < 4.78 is 0. The second-order valence-corrected chi connectivity index (χ2v) is 2.74. The highest BCUT2D eigenvalue weighted by Crippen LogP contribution is 2.20. The van der Waals surface area contributed by atoms with Crippen LogP contribution in [0.5, 0.6) is 5.75 Å². The number of hydrogen-bond donors (Lipinski definition) is 1. The fourth-order valence-electron chi connectivity index (χ4n) is 1.26. The van der Waals surface area contributed by atoms with Crippen LogP contribution in [0.3, 0.4) is 0 Å². The molecule has 0 aliphatic rings. The van der Waals surface area contributed by atoms with Crippen LogP contribution in [0.25, 0.3) is 10.8 Å². The molecule has 1 radical (unpaired) electrons. The molecule has 1 N–H and O–H groups in total. The van der Waals surface area contributed by atoms with Gasteiger partial charge >= 0.3 is 0 Å². The number of aromatic hydroxyl groups is 1. The normalized spacial score (nSPS) is 10.4. The van der Waals surface area contributed by atoms with E-state index in [1.165, 1.54) is 0 Å². The van der Waals surface area contributed by atoms with Gasteiger partial charge in [0.1, 0.15) is 5.75 Å². The maximum atomic E-state index is 9.19. The van der Waals surface area contributed by atoms with Gasteiger partial charge in [-0.2, -0.15) is 0 Å². The van der Waals surface area contributed by atoms with Crippen LogP contribution in [-0.2, 0) is 0 Å². The van der Waals surface area contributed by atoms with Crippen molar-refractivity contribution in [2.45, 2.75) is 6.92 Å². The van der Waals surface area contributed by atoms with Crippen molar-refractivity contribution in [2.75, 3.05) is 0 Å². The summed E-state index contributed by atoms with van der Waals surface area (Å²) in [5.74, 6) is 0.279. The van der Waals surface area contributed by atoms with Crippen molar-refractivity contribution in [3.05, 3.63) is 36.2 Å². The lowest BCUT2D eigenvalue weighted by molar-refractivity contribution is 0.476. The fourth-order valence-corrected chi connectivity index (χ4v) is 1.26. The Morgan fingerprint density at radius 2 is 2.25 bits per heavy atom. The Labute approximate surface area is 70.5 Å². The minimum absolute atomic E-state index is 0.279. The Balaban J connectivity index is 2.86. The molecular formula is C10H8NO. The molecule has 2 rings (SSSR count). The Bertz CT molecular complexity index is 423. The van der Waals surface area contributed by atoms with E-state index in [0.717, 1.165) is 16.5 Å². The molecule has 0 saturated heterocycles. The van der Waals surface area contributed by atoms with Crippen LogP contribution >= 0.6 is 0 Å². The van der Waals surface area contributed by atoms with Crippen molar-refractivity contribution in [1.29, 1.82) is 0 Å². The van der Waals surface area contributed by atoms with Gasteiger partial charge in [0.25, 0.3) is 0 Å². The van der Waals surface area contributed by atoms with E-state index in [0.29, 0.717) is 0 Å². The fraction of sp³-hybridized carbons (Fsp3) is 0.100. The van der Waals surface area contributed by atoms with E-state index in [4.69, 9.17) is 0 Å². The maximum Gasteiger partial charge on any atom is 0.116 e. The average Bonchev–Trinajstić information content (AvgIpc) is 2.04. The molecule has 0 aliphatic carbocycles. The molecule has 0 fully saturated rings. The van der Waals surface area contributed by atoms with Crippen LogP contribution in [0.4, 0.5) is 0 Å². The van der Waals surface area contributed by atoms with Crippen LogP contribution in [0.1, 0.15) is 5.69 Å². The zero-order chi connectivity index (χ0) is 8.55. The van der Waals surface area contributed by atoms with Gasteiger partial charge in [0, 0.05) is 11.1 Å². The average molecular weight is 158 g/mol. The van der Waals surface area contributed by atoms with Gasteiger partial charge in [-0.25, -0.2) is 0 Å². The number of nitrogens with zero attached hydrogens (tertiary/aromatic N) is 1. The SMILES string of the molecule is Cc1n[c]cc2cc(O)ccc12. The third kappa shape index (κ3) is 1.01. The van der Waals surface area contributed by atoms with Crippen molar-refractivity contribution >= 4 is 10.8 Å². The summed E-state index contributed by atoms with van der Waals surface area (Å²) in [5, 5.41) is 11.2. The highest BCUT2D eigenvalue weighted by molar-refractivity contribution is 5.85. The Hall–Kier alpha value is -1.57. The molecule has 0 atom stereocenters. The predicted octanol–water partition coefficient (Wildman–Crippen LogP) is 2.05. The van der Waals surface area contributed by atoms with Crippen molar-refractivity contribution in [3.63, 3.8) is 0 Å². The van der Waals surface area contributed by atoms with Gasteiger partial charge in [0.2, 0.25) is 0 Å². The number of hydrogen-bond acceptors (Lipinski definition) is 2. The lowest BCUT2D eigenvalue weighted by Crippen LogP contribution is -1.82. The number of pyridine rings is 1. The van der Waals surface area contributed by atoms with Crippen LogP contribution < -0.4 is 0 Å². The van der Waals surface area contributed by atoms with E-state index in [2.05, 4.69) is 11.2 Å². The highest BCUT2D eigenvalue weighted by Gasteiger charge is 1.97. The van der Waals surface area contributed by atoms with Crippen molar-refractivity contribution in [1.82, 2.24) is 4.98 Å². The number of benzene rings is 1. The third-order valence-corrected chi connectivity index (χ3v) is 1.88. The molecule has 0 spiro atoms. The topological polar surface area (TPSA) is 33.1 Å². The first-order valence-corrected chi connectivity index (χ1v) is 3.74. The first kappa shape index (κ1) is 7.10. The second-order valence-electron chi connectivity index (χ2n) is 2.74. The van der Waals surface area contributed by atoms with Crippen LogP contribution in [0, 0.1) is 13.1 Å². The van der Waals surface area contributed by atoms with E-state index in [-0.39, 0.29) is 5.75 Å². The quantitative estimate of drug-likeness (QED) is 0.636. The van der Waals surface area contributed by atoms with Crippen LogP contribution in [0.2, 0.25) is 0 Å². The predicted molar refractivity (Wildman–Crippen MR) is 47.0 cm³/mol. The summed E-state index contributed by atoms with van der Waals surface area (Å²) >= 11 is 0. The monoisotopic (exact) mass is 158 g/mol. The largest absolute Gasteiger partial charge is 0.508 e. The van der Waals surface area contributed by atoms with Gasteiger partial charge in [0.05, 0.1) is 6.20 Å². The zero-order valence-corrected chi connectivity index (χ0v) is 6.70. The first-order valence-electron chi connectivity index (χ1n) is 3.74. The van der Waals surface area contributed by atoms with Gasteiger partial charge in [-0.05, 0) is 36.6 Å². The molecule has 1 aromatic carbocycles. The van der Waals surface area contributed by atoms with E-state index >= 15 is 0 Å². The smallest absolute Gasteiger partial charge is 0.116 e. The minimum Gasteiger partial charge on any atom is -0.508 e. The van der Waals surface area contributed by atoms with Crippen LogP contribution in [-0.4, -0.2) is 10.1 Å². The molecule has 1 aromatic heterocycles. The summed E-state index contributed by atoms with van der Waals surface area (Å²) in [4.78, 5) is 4.03. The lowest BCUT2D eigenvalue weighted by atomic mass is 10.1. The zero-order valence-electron chi connectivity index (χ0n) is 6.70. The molecule has 0 saturated carbocycles. The standard InChI is InChI=1S/C10H8NO/c1-7-10-3-2-9(12)6-8(10)4-5-11-7/h2-4,6,12H,1H3. The Morgan fingerprint density at radius 3 is 3.08 bits per heavy atom. The summed E-state index contributed by atoms with van der Waals surface area (Å²) in [5.41, 5.74) is 0.938. The summed E-state index contributed by atoms with van der Waals surface area (Å²) in [6.07, 6.45) is 2.77. The molecule has 2 heteroatoms. The molecule has 0 unspecified atom stereocenters. The van der Waals surface area contributed by atoms with Gasteiger partial charge in [-0.3, -0.25) is 4.98 Å². The number of aryl methyl sites for hydroxylation is 1. The summed E-state index contributed by atoms with van der Waals surface area (Å²) in [6.45, 7) is 1.93. The van der Waals surface area contributed by atoms with Crippen LogP contribution in [0.15, 0.2) is 24.3 Å². The Morgan fingerprint density at radius 1 is 1.42 bits per heavy atom. The van der Waals surface area contributed by atoms with Gasteiger partial charge in [-0.15, -0.1) is 0 Å². The van der Waals surface area contributed by atoms with E-state index in [1.54, 1.807) is 18.2 Å². The molecule has 12 heavy (non-hydrogen) atoms. The number of aromatic nitrogens is 1. The van der Waals surface area contributed by atoms with E-state index in [1.807, 2.05) is 13.0 Å². The number of fused-ring (bicyclic) bond motifs is 1. The molecule has 0 bridgehead atoms. The number of phenolic OH excluding ortho intramolecular Hbond substituents is 1. The molecule has 1 heterocycles. The Kier molecular flexibility index (Phi) is 1.47. The third-order valence-electron chi connectivity index (χ3n) is 1.88. The van der Waals surface area contributed by atoms with Gasteiger partial charge in [-0.1, -0.05) is 0 Å². The van der Waals surface area contributed by atoms with Gasteiger partial charge in [0.15, 0.2) is 0 Å². The van der Waals surface area contributed by atoms with Gasteiger partial charge < -0.3 is 5.11 Å². The number of phenols is 1. The highest BCUT2D eigenvalue weighted by atomic mass is 16.3. The molecule has 2 nitrogen and oxygen atoms in total. The number of rotatable bonds is 0. The molecule has 59 valence electrons. The van der Waals surface area contributed by atoms with E-state index < -0.39 is 0 Å². The molecule has 0 aliphatic heterocycles. The van der Waals surface area contributed by atoms with E-state index in [9.17, 15) is 5.11 Å².